The lowest BCUT2D eigenvalue weighted by atomic mass is 10.1. The van der Waals surface area contributed by atoms with E-state index in [1.807, 2.05) is 18.2 Å². The SMILES string of the molecule is COc1ccc(-c2cnc3nc(N)nc(N4CCN(C5CCCC5)CC4)c3n2)cc1OC. The van der Waals surface area contributed by atoms with Crippen molar-refractivity contribution in [1.82, 2.24) is 24.8 Å². The van der Waals surface area contributed by atoms with Crippen molar-refractivity contribution in [2.45, 2.75) is 31.7 Å². The quantitative estimate of drug-likeness (QED) is 0.648. The number of nitrogens with zero attached hydrogens (tertiary/aromatic N) is 6. The highest BCUT2D eigenvalue weighted by atomic mass is 16.5. The first-order valence-electron chi connectivity index (χ1n) is 11.2. The van der Waals surface area contributed by atoms with Crippen LogP contribution < -0.4 is 20.1 Å². The molecule has 1 aliphatic carbocycles. The highest BCUT2D eigenvalue weighted by Gasteiger charge is 2.28. The predicted octanol–water partition coefficient (Wildman–Crippen LogP) is 2.75. The second kappa shape index (κ2) is 8.74. The average molecular weight is 436 g/mol. The minimum atomic E-state index is 0.221. The van der Waals surface area contributed by atoms with Crippen LogP contribution >= 0.6 is 0 Å². The van der Waals surface area contributed by atoms with Crippen molar-refractivity contribution in [3.8, 4) is 22.8 Å². The molecule has 168 valence electrons. The summed E-state index contributed by atoms with van der Waals surface area (Å²) in [6.07, 6.45) is 7.06. The number of piperazine rings is 1. The number of hydrogen-bond donors (Lipinski definition) is 1. The number of nitrogens with two attached hydrogens (primary N) is 1. The first-order chi connectivity index (χ1) is 15.7. The van der Waals surface area contributed by atoms with E-state index in [-0.39, 0.29) is 5.95 Å². The number of benzene rings is 1. The van der Waals surface area contributed by atoms with Crippen LogP contribution in [0.1, 0.15) is 25.7 Å². The van der Waals surface area contributed by atoms with E-state index in [2.05, 4.69) is 24.8 Å². The minimum absolute atomic E-state index is 0.221. The highest BCUT2D eigenvalue weighted by molar-refractivity contribution is 5.86. The summed E-state index contributed by atoms with van der Waals surface area (Å²) in [5.41, 5.74) is 8.80. The van der Waals surface area contributed by atoms with E-state index in [4.69, 9.17) is 20.2 Å². The molecule has 9 heteroatoms. The first kappa shape index (κ1) is 20.7. The van der Waals surface area contributed by atoms with Crippen LogP contribution in [-0.2, 0) is 0 Å². The lowest BCUT2D eigenvalue weighted by molar-refractivity contribution is 0.187. The van der Waals surface area contributed by atoms with Gasteiger partial charge in [-0.2, -0.15) is 9.97 Å². The van der Waals surface area contributed by atoms with Crippen molar-refractivity contribution in [2.24, 2.45) is 0 Å². The summed E-state index contributed by atoms with van der Waals surface area (Å²) < 4.78 is 10.8. The maximum Gasteiger partial charge on any atom is 0.224 e. The van der Waals surface area contributed by atoms with Gasteiger partial charge in [0.25, 0.3) is 0 Å². The third kappa shape index (κ3) is 3.88. The Morgan fingerprint density at radius 1 is 0.938 bits per heavy atom. The van der Waals surface area contributed by atoms with Crippen LogP contribution in [-0.4, -0.2) is 71.3 Å². The lowest BCUT2D eigenvalue weighted by Gasteiger charge is -2.38. The molecular weight excluding hydrogens is 406 g/mol. The fraction of sp³-hybridized carbons (Fsp3) is 0.478. The van der Waals surface area contributed by atoms with Crippen molar-refractivity contribution in [3.63, 3.8) is 0 Å². The number of fused-ring (bicyclic) bond motifs is 1. The van der Waals surface area contributed by atoms with E-state index in [0.29, 0.717) is 22.7 Å². The molecule has 1 aromatic carbocycles. The van der Waals surface area contributed by atoms with Gasteiger partial charge in [-0.3, -0.25) is 4.90 Å². The van der Waals surface area contributed by atoms with Gasteiger partial charge in [0.15, 0.2) is 28.5 Å². The Kier molecular flexibility index (Phi) is 5.65. The fourth-order valence-electron chi connectivity index (χ4n) is 4.83. The molecule has 0 amide bonds. The van der Waals surface area contributed by atoms with Crippen LogP contribution in [0, 0.1) is 0 Å². The molecule has 9 nitrogen and oxygen atoms in total. The zero-order valence-corrected chi connectivity index (χ0v) is 18.6. The maximum absolute atomic E-state index is 6.02. The summed E-state index contributed by atoms with van der Waals surface area (Å²) in [7, 11) is 3.24. The molecule has 2 aromatic heterocycles. The third-order valence-electron chi connectivity index (χ3n) is 6.54. The molecule has 32 heavy (non-hydrogen) atoms. The van der Waals surface area contributed by atoms with Gasteiger partial charge in [0.05, 0.1) is 26.1 Å². The molecule has 0 bridgehead atoms. The van der Waals surface area contributed by atoms with Gasteiger partial charge in [0.1, 0.15) is 0 Å². The van der Waals surface area contributed by atoms with E-state index < -0.39 is 0 Å². The Morgan fingerprint density at radius 3 is 2.41 bits per heavy atom. The number of hydrogen-bond acceptors (Lipinski definition) is 9. The van der Waals surface area contributed by atoms with Crippen LogP contribution in [0.5, 0.6) is 11.5 Å². The Bertz CT molecular complexity index is 1110. The van der Waals surface area contributed by atoms with Crippen molar-refractivity contribution >= 4 is 22.9 Å². The van der Waals surface area contributed by atoms with Gasteiger partial charge in [-0.05, 0) is 31.0 Å². The summed E-state index contributed by atoms with van der Waals surface area (Å²) in [4.78, 5) is 23.2. The molecule has 0 radical (unpaired) electrons. The van der Waals surface area contributed by atoms with Crippen LogP contribution in [0.2, 0.25) is 0 Å². The topological polar surface area (TPSA) is 103 Å². The van der Waals surface area contributed by atoms with E-state index >= 15 is 0 Å². The summed E-state index contributed by atoms with van der Waals surface area (Å²) in [6.45, 7) is 3.84. The van der Waals surface area contributed by atoms with Gasteiger partial charge in [-0.25, -0.2) is 9.97 Å². The molecule has 0 atom stereocenters. The second-order valence-electron chi connectivity index (χ2n) is 8.36. The molecule has 1 saturated carbocycles. The lowest BCUT2D eigenvalue weighted by Crippen LogP contribution is -2.50. The molecule has 2 N–H and O–H groups in total. The Hall–Kier alpha value is -3.20. The van der Waals surface area contributed by atoms with Gasteiger partial charge in [-0.15, -0.1) is 0 Å². The van der Waals surface area contributed by atoms with E-state index in [0.717, 1.165) is 49.3 Å². The van der Waals surface area contributed by atoms with Crippen molar-refractivity contribution in [3.05, 3.63) is 24.4 Å². The maximum atomic E-state index is 6.02. The smallest absolute Gasteiger partial charge is 0.224 e. The average Bonchev–Trinajstić information content (AvgIpc) is 3.38. The zero-order chi connectivity index (χ0) is 22.1. The third-order valence-corrected chi connectivity index (χ3v) is 6.54. The number of aromatic nitrogens is 4. The van der Waals surface area contributed by atoms with E-state index in [9.17, 15) is 0 Å². The highest BCUT2D eigenvalue weighted by Crippen LogP contribution is 2.33. The standard InChI is InChI=1S/C23H29N7O2/c1-31-18-8-7-15(13-19(18)32-2)17-14-25-21-20(26-17)22(28-23(24)27-21)30-11-9-29(10-12-30)16-5-3-4-6-16/h7-8,13-14,16H,3-6,9-12H2,1-2H3,(H2,24,25,27,28). The Morgan fingerprint density at radius 2 is 1.69 bits per heavy atom. The van der Waals surface area contributed by atoms with Gasteiger partial charge in [0.2, 0.25) is 5.95 Å². The molecule has 0 unspecified atom stereocenters. The zero-order valence-electron chi connectivity index (χ0n) is 18.6. The van der Waals surface area contributed by atoms with Crippen molar-refractivity contribution < 1.29 is 9.47 Å². The molecular formula is C23H29N7O2. The molecule has 2 aliphatic rings. The summed E-state index contributed by atoms with van der Waals surface area (Å²) >= 11 is 0. The molecule has 1 saturated heterocycles. The molecule has 0 spiro atoms. The van der Waals surface area contributed by atoms with Crippen LogP contribution in [0.3, 0.4) is 0 Å². The van der Waals surface area contributed by atoms with Gasteiger partial charge >= 0.3 is 0 Å². The van der Waals surface area contributed by atoms with Crippen LogP contribution in [0.25, 0.3) is 22.4 Å². The first-order valence-corrected chi connectivity index (χ1v) is 11.2. The second-order valence-corrected chi connectivity index (χ2v) is 8.36. The Balaban J connectivity index is 1.47. The molecule has 1 aliphatic heterocycles. The molecule has 2 fully saturated rings. The molecule has 5 rings (SSSR count). The number of nitrogen functional groups attached to an aromatic ring is 1. The van der Waals surface area contributed by atoms with Crippen LogP contribution in [0.4, 0.5) is 11.8 Å². The summed E-state index contributed by atoms with van der Waals surface area (Å²) in [6, 6.07) is 6.44. The van der Waals surface area contributed by atoms with Crippen molar-refractivity contribution in [1.29, 1.82) is 0 Å². The monoisotopic (exact) mass is 435 g/mol. The number of ether oxygens (including phenoxy) is 2. The fourth-order valence-corrected chi connectivity index (χ4v) is 4.83. The van der Waals surface area contributed by atoms with Gasteiger partial charge < -0.3 is 20.1 Å². The molecule has 3 aromatic rings. The van der Waals surface area contributed by atoms with E-state index in [1.165, 1.54) is 25.7 Å². The van der Waals surface area contributed by atoms with Gasteiger partial charge in [-0.1, -0.05) is 12.8 Å². The summed E-state index contributed by atoms with van der Waals surface area (Å²) in [5, 5.41) is 0. The normalized spacial score (nSPS) is 17.8. The number of rotatable bonds is 5. The number of anilines is 2. The van der Waals surface area contributed by atoms with Crippen LogP contribution in [0.15, 0.2) is 24.4 Å². The molecule has 3 heterocycles. The number of methoxy groups -OCH3 is 2. The Labute approximate surface area is 187 Å². The minimum Gasteiger partial charge on any atom is -0.493 e. The predicted molar refractivity (Wildman–Crippen MR) is 124 cm³/mol. The summed E-state index contributed by atoms with van der Waals surface area (Å²) in [5.74, 6) is 2.29. The van der Waals surface area contributed by atoms with Crippen molar-refractivity contribution in [2.75, 3.05) is 51.0 Å². The van der Waals surface area contributed by atoms with Gasteiger partial charge in [0, 0.05) is 37.8 Å². The largest absolute Gasteiger partial charge is 0.493 e. The van der Waals surface area contributed by atoms with E-state index in [1.54, 1.807) is 20.4 Å².